The maximum absolute atomic E-state index is 12.7. The summed E-state index contributed by atoms with van der Waals surface area (Å²) in [5.41, 5.74) is 6.37. The minimum atomic E-state index is 0.0701. The standard InChI is InChI=1S/C24H26N4O/c29-24(17-27-15-19-9-4-5-10-20(19)16-27)26-22-11-6-12-23-21(22)13-25-28(23)14-18-7-2-1-3-8-18/h1-5,7-10,13,22H,6,11-12,14-17H2,(H,26,29). The number of benzene rings is 2. The molecule has 5 rings (SSSR count). The third-order valence-electron chi connectivity index (χ3n) is 6.05. The Bertz CT molecular complexity index is 986. The van der Waals surface area contributed by atoms with Crippen molar-refractivity contribution in [2.45, 2.75) is 44.9 Å². The van der Waals surface area contributed by atoms with Gasteiger partial charge >= 0.3 is 0 Å². The number of rotatable bonds is 5. The molecule has 1 unspecified atom stereocenters. The number of carbonyl (C=O) groups is 1. The minimum absolute atomic E-state index is 0.0701. The summed E-state index contributed by atoms with van der Waals surface area (Å²) in [5, 5.41) is 7.91. The molecule has 0 radical (unpaired) electrons. The van der Waals surface area contributed by atoms with E-state index in [4.69, 9.17) is 0 Å². The molecule has 1 aliphatic heterocycles. The van der Waals surface area contributed by atoms with Crippen LogP contribution in [-0.2, 0) is 30.8 Å². The average molecular weight is 386 g/mol. The molecule has 1 atom stereocenters. The zero-order valence-electron chi connectivity index (χ0n) is 16.6. The lowest BCUT2D eigenvalue weighted by Crippen LogP contribution is -2.38. The van der Waals surface area contributed by atoms with Crippen LogP contribution in [0, 0.1) is 0 Å². The normalized spacial score (nSPS) is 18.3. The number of hydrogen-bond acceptors (Lipinski definition) is 3. The van der Waals surface area contributed by atoms with Crippen molar-refractivity contribution in [2.24, 2.45) is 0 Å². The van der Waals surface area contributed by atoms with E-state index in [-0.39, 0.29) is 11.9 Å². The lowest BCUT2D eigenvalue weighted by Gasteiger charge is -2.25. The number of nitrogens with zero attached hydrogens (tertiary/aromatic N) is 3. The molecule has 5 heteroatoms. The van der Waals surface area contributed by atoms with E-state index in [1.807, 2.05) is 12.3 Å². The van der Waals surface area contributed by atoms with E-state index in [0.29, 0.717) is 6.54 Å². The molecule has 1 aliphatic carbocycles. The topological polar surface area (TPSA) is 50.2 Å². The first-order chi connectivity index (χ1) is 14.3. The Morgan fingerprint density at radius 3 is 2.52 bits per heavy atom. The van der Waals surface area contributed by atoms with E-state index in [2.05, 4.69) is 68.5 Å². The van der Waals surface area contributed by atoms with Crippen molar-refractivity contribution in [2.75, 3.05) is 6.54 Å². The Labute approximate surface area is 171 Å². The predicted molar refractivity (Wildman–Crippen MR) is 112 cm³/mol. The lowest BCUT2D eigenvalue weighted by atomic mass is 9.93. The van der Waals surface area contributed by atoms with Crippen LogP contribution in [-0.4, -0.2) is 27.1 Å². The highest BCUT2D eigenvalue weighted by Crippen LogP contribution is 2.30. The van der Waals surface area contributed by atoms with E-state index in [1.54, 1.807) is 0 Å². The Kier molecular flexibility index (Phi) is 4.90. The third kappa shape index (κ3) is 3.83. The zero-order valence-corrected chi connectivity index (χ0v) is 16.6. The smallest absolute Gasteiger partial charge is 0.234 e. The Morgan fingerprint density at radius 2 is 1.76 bits per heavy atom. The van der Waals surface area contributed by atoms with Crippen molar-refractivity contribution in [1.29, 1.82) is 0 Å². The number of nitrogens with one attached hydrogen (secondary N) is 1. The molecule has 0 saturated heterocycles. The summed E-state index contributed by atoms with van der Waals surface area (Å²) in [4.78, 5) is 15.0. The van der Waals surface area contributed by atoms with Crippen molar-refractivity contribution in [3.8, 4) is 0 Å². The second-order valence-electron chi connectivity index (χ2n) is 8.12. The van der Waals surface area contributed by atoms with Crippen LogP contribution < -0.4 is 5.32 Å². The summed E-state index contributed by atoms with van der Waals surface area (Å²) < 4.78 is 2.10. The van der Waals surface area contributed by atoms with Crippen LogP contribution in [0.2, 0.25) is 0 Å². The van der Waals surface area contributed by atoms with Gasteiger partial charge in [-0.2, -0.15) is 5.10 Å². The van der Waals surface area contributed by atoms with Gasteiger partial charge in [-0.1, -0.05) is 54.6 Å². The van der Waals surface area contributed by atoms with E-state index >= 15 is 0 Å². The van der Waals surface area contributed by atoms with Crippen molar-refractivity contribution in [1.82, 2.24) is 20.0 Å². The SMILES string of the molecule is O=C(CN1Cc2ccccc2C1)NC1CCCc2c1cnn2Cc1ccccc1. The van der Waals surface area contributed by atoms with Gasteiger partial charge < -0.3 is 5.32 Å². The van der Waals surface area contributed by atoms with E-state index in [0.717, 1.165) is 38.9 Å². The number of carbonyl (C=O) groups excluding carboxylic acids is 1. The molecular weight excluding hydrogens is 360 g/mol. The number of fused-ring (bicyclic) bond motifs is 2. The van der Waals surface area contributed by atoms with Crippen LogP contribution in [0.15, 0.2) is 60.8 Å². The molecule has 5 nitrogen and oxygen atoms in total. The molecular formula is C24H26N4O. The number of aromatic nitrogens is 2. The highest BCUT2D eigenvalue weighted by molar-refractivity contribution is 5.78. The molecule has 1 aromatic heterocycles. The first kappa shape index (κ1) is 18.1. The van der Waals surface area contributed by atoms with E-state index < -0.39 is 0 Å². The molecule has 29 heavy (non-hydrogen) atoms. The van der Waals surface area contributed by atoms with E-state index in [1.165, 1.54) is 27.9 Å². The van der Waals surface area contributed by atoms with Gasteiger partial charge in [0.1, 0.15) is 0 Å². The van der Waals surface area contributed by atoms with Gasteiger partial charge in [-0.05, 0) is 36.0 Å². The molecule has 1 amide bonds. The first-order valence-corrected chi connectivity index (χ1v) is 10.4. The maximum Gasteiger partial charge on any atom is 0.234 e. The fourth-order valence-corrected chi connectivity index (χ4v) is 4.62. The van der Waals surface area contributed by atoms with Crippen molar-refractivity contribution in [3.05, 3.63) is 88.7 Å². The molecule has 2 heterocycles. The fraction of sp³-hybridized carbons (Fsp3) is 0.333. The highest BCUT2D eigenvalue weighted by Gasteiger charge is 2.27. The third-order valence-corrected chi connectivity index (χ3v) is 6.05. The van der Waals surface area contributed by atoms with E-state index in [9.17, 15) is 4.79 Å². The molecule has 0 saturated carbocycles. The van der Waals surface area contributed by atoms with Gasteiger partial charge in [0.05, 0.1) is 25.3 Å². The quantitative estimate of drug-likeness (QED) is 0.731. The second-order valence-corrected chi connectivity index (χ2v) is 8.12. The largest absolute Gasteiger partial charge is 0.348 e. The van der Waals surface area contributed by atoms with Gasteiger partial charge in [-0.15, -0.1) is 0 Å². The Hall–Kier alpha value is -2.92. The maximum atomic E-state index is 12.7. The van der Waals surface area contributed by atoms with Crippen molar-refractivity contribution < 1.29 is 4.79 Å². The van der Waals surface area contributed by atoms with Gasteiger partial charge in [-0.3, -0.25) is 14.4 Å². The molecule has 1 N–H and O–H groups in total. The van der Waals surface area contributed by atoms with Gasteiger partial charge in [0.25, 0.3) is 0 Å². The molecule has 2 aliphatic rings. The summed E-state index contributed by atoms with van der Waals surface area (Å²) >= 11 is 0. The summed E-state index contributed by atoms with van der Waals surface area (Å²) in [7, 11) is 0. The summed E-state index contributed by atoms with van der Waals surface area (Å²) in [6.07, 6.45) is 5.04. The van der Waals surface area contributed by atoms with Gasteiger partial charge in [0.15, 0.2) is 0 Å². The molecule has 0 spiro atoms. The fourth-order valence-electron chi connectivity index (χ4n) is 4.62. The monoisotopic (exact) mass is 386 g/mol. The van der Waals surface area contributed by atoms with Crippen LogP contribution in [0.25, 0.3) is 0 Å². The van der Waals surface area contributed by atoms with Crippen LogP contribution in [0.5, 0.6) is 0 Å². The van der Waals surface area contributed by atoms with Gasteiger partial charge in [-0.25, -0.2) is 0 Å². The highest BCUT2D eigenvalue weighted by atomic mass is 16.2. The minimum Gasteiger partial charge on any atom is -0.348 e. The first-order valence-electron chi connectivity index (χ1n) is 10.4. The van der Waals surface area contributed by atoms with Gasteiger partial charge in [0.2, 0.25) is 5.91 Å². The molecule has 148 valence electrons. The van der Waals surface area contributed by atoms with Crippen molar-refractivity contribution in [3.63, 3.8) is 0 Å². The number of amides is 1. The Balaban J connectivity index is 1.24. The average Bonchev–Trinajstić information content (AvgIpc) is 3.33. The summed E-state index contributed by atoms with van der Waals surface area (Å²) in [5.74, 6) is 0.103. The van der Waals surface area contributed by atoms with Crippen LogP contribution in [0.1, 0.15) is 46.8 Å². The van der Waals surface area contributed by atoms with Crippen molar-refractivity contribution >= 4 is 5.91 Å². The number of hydrogen-bond donors (Lipinski definition) is 1. The van der Waals surface area contributed by atoms with Crippen LogP contribution >= 0.6 is 0 Å². The molecule has 2 aromatic carbocycles. The zero-order chi connectivity index (χ0) is 19.6. The second kappa shape index (κ2) is 7.84. The Morgan fingerprint density at radius 1 is 1.03 bits per heavy atom. The predicted octanol–water partition coefficient (Wildman–Crippen LogP) is 3.44. The molecule has 0 fully saturated rings. The van der Waals surface area contributed by atoms with Gasteiger partial charge in [0, 0.05) is 24.3 Å². The summed E-state index contributed by atoms with van der Waals surface area (Å²) in [6.45, 7) is 2.94. The molecule has 0 bridgehead atoms. The van der Waals surface area contributed by atoms with Crippen LogP contribution in [0.4, 0.5) is 0 Å². The molecule has 3 aromatic rings. The lowest BCUT2D eigenvalue weighted by molar-refractivity contribution is -0.123. The summed E-state index contributed by atoms with van der Waals surface area (Å²) in [6, 6.07) is 18.9. The van der Waals surface area contributed by atoms with Crippen LogP contribution in [0.3, 0.4) is 0 Å².